The van der Waals surface area contributed by atoms with Crippen LogP contribution in [0.1, 0.15) is 50.4 Å². The highest BCUT2D eigenvalue weighted by Crippen LogP contribution is 2.28. The molecule has 6 heteroatoms. The van der Waals surface area contributed by atoms with E-state index in [4.69, 9.17) is 10.5 Å². The largest absolute Gasteiger partial charge is 0.462 e. The molecule has 1 atom stereocenters. The van der Waals surface area contributed by atoms with Crippen LogP contribution < -0.4 is 11.1 Å². The lowest BCUT2D eigenvalue weighted by Gasteiger charge is -2.13. The predicted octanol–water partition coefficient (Wildman–Crippen LogP) is 2.89. The highest BCUT2D eigenvalue weighted by atomic mass is 32.1. The number of hydrogen-bond acceptors (Lipinski definition) is 6. The second-order valence-electron chi connectivity index (χ2n) is 4.18. The van der Waals surface area contributed by atoms with E-state index in [-0.39, 0.29) is 11.9 Å². The van der Waals surface area contributed by atoms with Crippen LogP contribution in [0.25, 0.3) is 0 Å². The van der Waals surface area contributed by atoms with Crippen molar-refractivity contribution in [1.82, 2.24) is 4.37 Å². The quantitative estimate of drug-likeness (QED) is 0.746. The van der Waals surface area contributed by atoms with Gasteiger partial charge in [-0.1, -0.05) is 19.8 Å². The van der Waals surface area contributed by atoms with E-state index in [0.717, 1.165) is 19.3 Å². The second kappa shape index (κ2) is 7.20. The third kappa shape index (κ3) is 3.87. The Morgan fingerprint density at radius 1 is 1.56 bits per heavy atom. The van der Waals surface area contributed by atoms with Crippen LogP contribution in [0.2, 0.25) is 0 Å². The zero-order valence-corrected chi connectivity index (χ0v) is 12.0. The summed E-state index contributed by atoms with van der Waals surface area (Å²) >= 11 is 1.21. The van der Waals surface area contributed by atoms with Crippen LogP contribution >= 0.6 is 11.5 Å². The number of carbonyl (C=O) groups excluding carboxylic acids is 1. The lowest BCUT2D eigenvalue weighted by atomic mass is 10.1. The lowest BCUT2D eigenvalue weighted by Crippen LogP contribution is -2.17. The molecule has 1 heterocycles. The molecule has 1 unspecified atom stereocenters. The zero-order valence-electron chi connectivity index (χ0n) is 11.2. The van der Waals surface area contributed by atoms with Crippen molar-refractivity contribution in [3.63, 3.8) is 0 Å². The first-order chi connectivity index (χ1) is 8.60. The standard InChI is InChI=1S/C12H21N3O2S/c1-4-6-7-8(3)14-11-9(10(13)15-18-11)12(16)17-5-2/h8,14H,4-7H2,1-3H3,(H2,13,15). The van der Waals surface area contributed by atoms with Gasteiger partial charge in [-0.3, -0.25) is 0 Å². The molecule has 0 aromatic carbocycles. The number of nitrogens with zero attached hydrogens (tertiary/aromatic N) is 1. The smallest absolute Gasteiger partial charge is 0.344 e. The molecule has 1 aromatic rings. The molecule has 0 radical (unpaired) electrons. The fourth-order valence-corrected chi connectivity index (χ4v) is 2.42. The highest BCUT2D eigenvalue weighted by Gasteiger charge is 2.21. The predicted molar refractivity (Wildman–Crippen MR) is 75.1 cm³/mol. The summed E-state index contributed by atoms with van der Waals surface area (Å²) in [7, 11) is 0. The van der Waals surface area contributed by atoms with Crippen LogP contribution in [0.5, 0.6) is 0 Å². The maximum absolute atomic E-state index is 11.8. The summed E-state index contributed by atoms with van der Waals surface area (Å²) in [5.74, 6) is -0.169. The van der Waals surface area contributed by atoms with E-state index >= 15 is 0 Å². The van der Waals surface area contributed by atoms with E-state index in [1.165, 1.54) is 11.5 Å². The van der Waals surface area contributed by atoms with Gasteiger partial charge in [0.15, 0.2) is 5.82 Å². The first-order valence-corrected chi connectivity index (χ1v) is 7.06. The number of carbonyl (C=O) groups is 1. The summed E-state index contributed by atoms with van der Waals surface area (Å²) in [4.78, 5) is 11.8. The van der Waals surface area contributed by atoms with Crippen LogP contribution in [0.3, 0.4) is 0 Å². The van der Waals surface area contributed by atoms with E-state index in [1.54, 1.807) is 6.92 Å². The second-order valence-corrected chi connectivity index (χ2v) is 4.95. The molecule has 1 rings (SSSR count). The Kier molecular flexibility index (Phi) is 5.91. The van der Waals surface area contributed by atoms with E-state index in [0.29, 0.717) is 17.2 Å². The molecule has 0 saturated heterocycles. The van der Waals surface area contributed by atoms with Crippen molar-refractivity contribution < 1.29 is 9.53 Å². The van der Waals surface area contributed by atoms with Crippen LogP contribution in [0.15, 0.2) is 0 Å². The number of nitrogen functional groups attached to an aromatic ring is 1. The molecule has 102 valence electrons. The Morgan fingerprint density at radius 2 is 2.28 bits per heavy atom. The summed E-state index contributed by atoms with van der Waals surface area (Å²) in [6.07, 6.45) is 3.36. The topological polar surface area (TPSA) is 77.2 Å². The molecule has 0 aliphatic heterocycles. The van der Waals surface area contributed by atoms with Gasteiger partial charge in [0.25, 0.3) is 0 Å². The summed E-state index contributed by atoms with van der Waals surface area (Å²) < 4.78 is 8.99. The van der Waals surface area contributed by atoms with Gasteiger partial charge in [0.05, 0.1) is 6.61 Å². The normalized spacial score (nSPS) is 12.2. The fourth-order valence-electron chi connectivity index (χ4n) is 1.61. The number of aromatic nitrogens is 1. The number of ether oxygens (including phenoxy) is 1. The molecule has 3 N–H and O–H groups in total. The minimum atomic E-state index is -0.408. The molecule has 0 fully saturated rings. The Bertz CT molecular complexity index is 393. The van der Waals surface area contributed by atoms with Crippen LogP contribution in [0, 0.1) is 0 Å². The van der Waals surface area contributed by atoms with Gasteiger partial charge in [0.1, 0.15) is 10.6 Å². The minimum Gasteiger partial charge on any atom is -0.462 e. The number of nitrogens with one attached hydrogen (secondary N) is 1. The van der Waals surface area contributed by atoms with E-state index < -0.39 is 5.97 Å². The summed E-state index contributed by atoms with van der Waals surface area (Å²) in [6, 6.07) is 0.290. The molecule has 1 aromatic heterocycles. The number of hydrogen-bond donors (Lipinski definition) is 2. The maximum atomic E-state index is 11.8. The Morgan fingerprint density at radius 3 is 2.89 bits per heavy atom. The van der Waals surface area contributed by atoms with E-state index in [9.17, 15) is 4.79 Å². The third-order valence-electron chi connectivity index (χ3n) is 2.57. The van der Waals surface area contributed by atoms with Gasteiger partial charge < -0.3 is 15.8 Å². The lowest BCUT2D eigenvalue weighted by molar-refractivity contribution is 0.0529. The molecule has 0 amide bonds. The average molecular weight is 271 g/mol. The third-order valence-corrected chi connectivity index (χ3v) is 3.36. The number of nitrogens with two attached hydrogens (primary N) is 1. The molecule has 5 nitrogen and oxygen atoms in total. The van der Waals surface area contributed by atoms with E-state index in [1.807, 2.05) is 0 Å². The van der Waals surface area contributed by atoms with Gasteiger partial charge in [-0.15, -0.1) is 0 Å². The summed E-state index contributed by atoms with van der Waals surface area (Å²) in [5, 5.41) is 3.98. The number of unbranched alkanes of at least 4 members (excludes halogenated alkanes) is 1. The summed E-state index contributed by atoms with van der Waals surface area (Å²) in [6.45, 7) is 6.34. The molecule has 0 spiro atoms. The summed E-state index contributed by atoms with van der Waals surface area (Å²) in [5.41, 5.74) is 6.07. The van der Waals surface area contributed by atoms with Crippen molar-refractivity contribution in [1.29, 1.82) is 0 Å². The minimum absolute atomic E-state index is 0.239. The van der Waals surface area contributed by atoms with Crippen molar-refractivity contribution in [3.05, 3.63) is 5.56 Å². The van der Waals surface area contributed by atoms with Gasteiger partial charge in [-0.05, 0) is 31.8 Å². The Labute approximate surface area is 112 Å². The molecule has 0 bridgehead atoms. The molecular weight excluding hydrogens is 250 g/mol. The van der Waals surface area contributed by atoms with Gasteiger partial charge in [-0.25, -0.2) is 4.79 Å². The first kappa shape index (κ1) is 14.8. The maximum Gasteiger partial charge on any atom is 0.344 e. The molecule has 0 aliphatic carbocycles. The van der Waals surface area contributed by atoms with Gasteiger partial charge >= 0.3 is 5.97 Å². The van der Waals surface area contributed by atoms with E-state index in [2.05, 4.69) is 23.5 Å². The van der Waals surface area contributed by atoms with Crippen molar-refractivity contribution >= 4 is 28.3 Å². The monoisotopic (exact) mass is 271 g/mol. The van der Waals surface area contributed by atoms with Crippen LogP contribution in [-0.2, 0) is 4.74 Å². The number of anilines is 2. The Hall–Kier alpha value is -1.30. The molecule has 18 heavy (non-hydrogen) atoms. The van der Waals surface area contributed by atoms with Crippen LogP contribution in [0.4, 0.5) is 10.8 Å². The SMILES string of the molecule is CCCCC(C)Nc1snc(N)c1C(=O)OCC. The zero-order chi connectivity index (χ0) is 13.5. The molecule has 0 aliphatic rings. The number of esters is 1. The van der Waals surface area contributed by atoms with Gasteiger partial charge in [0.2, 0.25) is 0 Å². The first-order valence-electron chi connectivity index (χ1n) is 6.28. The Balaban J connectivity index is 2.74. The van der Waals surface area contributed by atoms with Crippen molar-refractivity contribution in [2.75, 3.05) is 17.7 Å². The van der Waals surface area contributed by atoms with Crippen molar-refractivity contribution in [2.24, 2.45) is 0 Å². The van der Waals surface area contributed by atoms with Crippen molar-refractivity contribution in [2.45, 2.75) is 46.1 Å². The molecule has 0 saturated carbocycles. The van der Waals surface area contributed by atoms with Gasteiger partial charge in [0, 0.05) is 6.04 Å². The van der Waals surface area contributed by atoms with Crippen LogP contribution in [-0.4, -0.2) is 23.0 Å². The van der Waals surface area contributed by atoms with Crippen molar-refractivity contribution in [3.8, 4) is 0 Å². The average Bonchev–Trinajstić information content (AvgIpc) is 2.68. The molecular formula is C12H21N3O2S. The number of rotatable bonds is 7. The highest BCUT2D eigenvalue weighted by molar-refractivity contribution is 7.11. The van der Waals surface area contributed by atoms with Gasteiger partial charge in [-0.2, -0.15) is 4.37 Å². The fraction of sp³-hybridized carbons (Fsp3) is 0.667.